The van der Waals surface area contributed by atoms with Crippen molar-refractivity contribution in [1.29, 1.82) is 0 Å². The quantitative estimate of drug-likeness (QED) is 0.358. The molecule has 3 rings (SSSR count). The van der Waals surface area contributed by atoms with E-state index in [9.17, 15) is 9.59 Å². The molecule has 1 unspecified atom stereocenters. The molecule has 1 atom stereocenters. The van der Waals surface area contributed by atoms with E-state index in [0.29, 0.717) is 16.9 Å². The maximum atomic E-state index is 13.5. The monoisotopic (exact) mass is 505 g/mol. The number of carbonyl (C=O) groups is 2. The average Bonchev–Trinajstić information content (AvgIpc) is 2.84. The Morgan fingerprint density at radius 3 is 2.33 bits per heavy atom. The third kappa shape index (κ3) is 5.76. The molecule has 33 heavy (non-hydrogen) atoms. The van der Waals surface area contributed by atoms with Gasteiger partial charge in [-0.25, -0.2) is 0 Å². The Bertz CT molecular complexity index is 1110. The van der Waals surface area contributed by atoms with Gasteiger partial charge in [-0.15, -0.1) is 0 Å². The minimum atomic E-state index is -0.933. The second kappa shape index (κ2) is 10.6. The fraction of sp³-hybridized carbons (Fsp3) is 0.222. The Labute approximate surface area is 203 Å². The third-order valence-electron chi connectivity index (χ3n) is 5.84. The van der Waals surface area contributed by atoms with Gasteiger partial charge in [0.1, 0.15) is 6.04 Å². The van der Waals surface area contributed by atoms with E-state index in [1.54, 1.807) is 36.7 Å². The van der Waals surface area contributed by atoms with E-state index >= 15 is 0 Å². The molecular formula is C27H28BrN3O2. The van der Waals surface area contributed by atoms with Crippen molar-refractivity contribution >= 4 is 39.1 Å². The van der Waals surface area contributed by atoms with Crippen LogP contribution in [0.2, 0.25) is 0 Å². The molecule has 170 valence electrons. The molecule has 0 aliphatic heterocycles. The summed E-state index contributed by atoms with van der Waals surface area (Å²) in [6.45, 7) is 10.2. The largest absolute Gasteiger partial charge is 0.324 e. The zero-order valence-corrected chi connectivity index (χ0v) is 20.7. The summed E-state index contributed by atoms with van der Waals surface area (Å²) in [5.41, 5.74) is 3.00. The van der Waals surface area contributed by atoms with Gasteiger partial charge in [0.15, 0.2) is 0 Å². The summed E-state index contributed by atoms with van der Waals surface area (Å²) in [4.78, 5) is 32.2. The number of nitrogens with one attached hydrogen (secondary N) is 1. The van der Waals surface area contributed by atoms with Crippen molar-refractivity contribution in [2.45, 2.75) is 38.6 Å². The van der Waals surface area contributed by atoms with Gasteiger partial charge in [-0.05, 0) is 65.9 Å². The first-order valence-corrected chi connectivity index (χ1v) is 11.6. The van der Waals surface area contributed by atoms with Crippen LogP contribution in [0.5, 0.6) is 0 Å². The number of carbonyl (C=O) groups excluding carboxylic acids is 2. The molecule has 0 radical (unpaired) electrons. The molecule has 2 amide bonds. The molecular weight excluding hydrogens is 478 g/mol. The van der Waals surface area contributed by atoms with Gasteiger partial charge in [0.05, 0.1) is 0 Å². The van der Waals surface area contributed by atoms with Crippen LogP contribution in [0.1, 0.15) is 44.4 Å². The number of nitrogens with zero attached hydrogens (tertiary/aromatic N) is 2. The van der Waals surface area contributed by atoms with E-state index in [2.05, 4.69) is 53.6 Å². The lowest BCUT2D eigenvalue weighted by Gasteiger charge is -2.31. The van der Waals surface area contributed by atoms with Crippen molar-refractivity contribution in [3.63, 3.8) is 0 Å². The summed E-state index contributed by atoms with van der Waals surface area (Å²) >= 11 is 3.40. The van der Waals surface area contributed by atoms with E-state index in [-0.39, 0.29) is 17.2 Å². The first kappa shape index (κ1) is 24.4. The van der Waals surface area contributed by atoms with Crippen LogP contribution in [0, 0.1) is 0 Å². The maximum Gasteiger partial charge on any atom is 0.252 e. The topological polar surface area (TPSA) is 62.3 Å². The van der Waals surface area contributed by atoms with Crippen molar-refractivity contribution in [3.8, 4) is 0 Å². The number of benzene rings is 2. The Kier molecular flexibility index (Phi) is 7.82. The van der Waals surface area contributed by atoms with E-state index in [4.69, 9.17) is 0 Å². The van der Waals surface area contributed by atoms with Gasteiger partial charge in [-0.2, -0.15) is 0 Å². The number of pyridine rings is 1. The summed E-state index contributed by atoms with van der Waals surface area (Å²) in [6.07, 6.45) is 5.44. The predicted molar refractivity (Wildman–Crippen MR) is 137 cm³/mol. The van der Waals surface area contributed by atoms with Gasteiger partial charge in [0, 0.05) is 33.8 Å². The highest BCUT2D eigenvalue weighted by Gasteiger charge is 2.32. The number of anilines is 2. The van der Waals surface area contributed by atoms with Crippen LogP contribution in [0.15, 0.2) is 90.2 Å². The van der Waals surface area contributed by atoms with Crippen molar-refractivity contribution in [1.82, 2.24) is 4.98 Å². The summed E-state index contributed by atoms with van der Waals surface area (Å²) in [5, 5.41) is 2.93. The zero-order valence-electron chi connectivity index (χ0n) is 19.1. The van der Waals surface area contributed by atoms with Gasteiger partial charge in [0.2, 0.25) is 0 Å². The second-order valence-corrected chi connectivity index (χ2v) is 9.30. The van der Waals surface area contributed by atoms with Crippen LogP contribution < -0.4 is 10.2 Å². The average molecular weight is 506 g/mol. The van der Waals surface area contributed by atoms with Crippen LogP contribution in [0.4, 0.5) is 11.4 Å². The fourth-order valence-corrected chi connectivity index (χ4v) is 3.74. The normalized spacial score (nSPS) is 12.0. The first-order valence-electron chi connectivity index (χ1n) is 10.8. The van der Waals surface area contributed by atoms with Gasteiger partial charge < -0.3 is 5.32 Å². The van der Waals surface area contributed by atoms with Crippen LogP contribution in [-0.2, 0) is 15.0 Å². The number of hydrogen-bond donors (Lipinski definition) is 1. The number of halogens is 1. The molecule has 1 heterocycles. The van der Waals surface area contributed by atoms with Gasteiger partial charge in [-0.1, -0.05) is 61.5 Å². The minimum absolute atomic E-state index is 0.00746. The highest BCUT2D eigenvalue weighted by Crippen LogP contribution is 2.32. The van der Waals surface area contributed by atoms with Crippen molar-refractivity contribution in [2.24, 2.45) is 0 Å². The Balaban J connectivity index is 2.05. The van der Waals surface area contributed by atoms with Crippen molar-refractivity contribution in [3.05, 3.63) is 101 Å². The second-order valence-electron chi connectivity index (χ2n) is 8.38. The molecule has 0 aliphatic rings. The third-order valence-corrected chi connectivity index (χ3v) is 6.37. The van der Waals surface area contributed by atoms with E-state index in [1.165, 1.54) is 11.0 Å². The number of rotatable bonds is 8. The van der Waals surface area contributed by atoms with Gasteiger partial charge >= 0.3 is 0 Å². The van der Waals surface area contributed by atoms with Crippen LogP contribution in [-0.4, -0.2) is 16.8 Å². The molecule has 0 fully saturated rings. The van der Waals surface area contributed by atoms with Crippen molar-refractivity contribution < 1.29 is 9.59 Å². The van der Waals surface area contributed by atoms with Crippen LogP contribution >= 0.6 is 15.9 Å². The zero-order chi connectivity index (χ0) is 24.0. The highest BCUT2D eigenvalue weighted by molar-refractivity contribution is 9.10. The molecule has 6 heteroatoms. The molecule has 0 saturated heterocycles. The fourth-order valence-electron chi connectivity index (χ4n) is 3.48. The number of aromatic nitrogens is 1. The molecule has 5 nitrogen and oxygen atoms in total. The minimum Gasteiger partial charge on any atom is -0.324 e. The summed E-state index contributed by atoms with van der Waals surface area (Å²) in [6, 6.07) is 17.7. The molecule has 2 aromatic carbocycles. The summed E-state index contributed by atoms with van der Waals surface area (Å²) in [5.74, 6) is -0.726. The molecule has 3 aromatic rings. The smallest absolute Gasteiger partial charge is 0.252 e. The van der Waals surface area contributed by atoms with Crippen molar-refractivity contribution in [2.75, 3.05) is 10.2 Å². The summed E-state index contributed by atoms with van der Waals surface area (Å²) < 4.78 is 0.905. The van der Waals surface area contributed by atoms with Crippen LogP contribution in [0.25, 0.3) is 0 Å². The standard InChI is InChI=1S/C27H28BrN3O2/c1-5-24(32)31(23-15-9-20(10-16-23)27(3,4)6-2)25(19-8-7-17-29-18-19)26(33)30-22-13-11-21(28)12-14-22/h5,7-18,25H,1,6H2,2-4H3,(H,30,33). The molecule has 0 aliphatic carbocycles. The Morgan fingerprint density at radius 1 is 1.12 bits per heavy atom. The Hall–Kier alpha value is -3.25. The lowest BCUT2D eigenvalue weighted by molar-refractivity contribution is -0.121. The number of hydrogen-bond acceptors (Lipinski definition) is 3. The van der Waals surface area contributed by atoms with E-state index in [0.717, 1.165) is 16.5 Å². The lowest BCUT2D eigenvalue weighted by Crippen LogP contribution is -2.41. The molecule has 1 N–H and O–H groups in total. The maximum absolute atomic E-state index is 13.5. The van der Waals surface area contributed by atoms with E-state index in [1.807, 2.05) is 36.4 Å². The SMILES string of the molecule is C=CC(=O)N(c1ccc(C(C)(C)CC)cc1)C(C(=O)Nc1ccc(Br)cc1)c1cccnc1. The summed E-state index contributed by atoms with van der Waals surface area (Å²) in [7, 11) is 0. The predicted octanol–water partition coefficient (Wildman–Crippen LogP) is 6.43. The first-order chi connectivity index (χ1) is 15.8. The lowest BCUT2D eigenvalue weighted by atomic mass is 9.82. The number of amides is 2. The highest BCUT2D eigenvalue weighted by atomic mass is 79.9. The van der Waals surface area contributed by atoms with Crippen LogP contribution in [0.3, 0.4) is 0 Å². The molecule has 0 saturated carbocycles. The van der Waals surface area contributed by atoms with E-state index < -0.39 is 6.04 Å². The Morgan fingerprint density at radius 2 is 1.79 bits per heavy atom. The van der Waals surface area contributed by atoms with Gasteiger partial charge in [-0.3, -0.25) is 19.5 Å². The molecule has 0 bridgehead atoms. The van der Waals surface area contributed by atoms with Gasteiger partial charge in [0.25, 0.3) is 11.8 Å². The molecule has 0 spiro atoms. The molecule has 1 aromatic heterocycles.